The lowest BCUT2D eigenvalue weighted by Crippen LogP contribution is -2.25. The van der Waals surface area contributed by atoms with Crippen LogP contribution in [0.2, 0.25) is 0 Å². The molecule has 2 aromatic heterocycles. The van der Waals surface area contributed by atoms with Crippen LogP contribution in [-0.2, 0) is 23.2 Å². The van der Waals surface area contributed by atoms with E-state index in [2.05, 4.69) is 26.2 Å². The Hall–Kier alpha value is -3.48. The number of carbonyl (C=O) groups excluding carboxylic acids is 1. The number of amides is 1. The summed E-state index contributed by atoms with van der Waals surface area (Å²) < 4.78 is 26.3. The van der Waals surface area contributed by atoms with Crippen LogP contribution in [0.25, 0.3) is 0 Å². The first-order chi connectivity index (χ1) is 16.4. The van der Waals surface area contributed by atoms with Gasteiger partial charge in [0.05, 0.1) is 35.4 Å². The summed E-state index contributed by atoms with van der Waals surface area (Å²) >= 11 is -2.47. The van der Waals surface area contributed by atoms with Gasteiger partial charge in [-0.2, -0.15) is 5.10 Å². The van der Waals surface area contributed by atoms with Gasteiger partial charge in [0.1, 0.15) is 11.6 Å². The van der Waals surface area contributed by atoms with Crippen LogP contribution in [0, 0.1) is 0 Å². The highest BCUT2D eigenvalue weighted by atomic mass is 32.2. The highest BCUT2D eigenvalue weighted by molar-refractivity contribution is 7.80. The molecule has 3 aromatic rings. The van der Waals surface area contributed by atoms with E-state index in [-0.39, 0.29) is 5.56 Å². The van der Waals surface area contributed by atoms with Crippen molar-refractivity contribution in [3.63, 3.8) is 0 Å². The Bertz CT molecular complexity index is 1210. The quantitative estimate of drug-likeness (QED) is 0.295. The second-order valence-electron chi connectivity index (χ2n) is 7.83. The first-order valence-corrected chi connectivity index (χ1v) is 11.8. The molecule has 2 heterocycles. The third kappa shape index (κ3) is 5.35. The van der Waals surface area contributed by atoms with Gasteiger partial charge < -0.3 is 19.5 Å². The molecule has 4 rings (SSSR count). The normalized spacial score (nSPS) is 13.9. The summed E-state index contributed by atoms with van der Waals surface area (Å²) in [5.41, 5.74) is 5.11. The topological polar surface area (TPSA) is 136 Å². The summed E-state index contributed by atoms with van der Waals surface area (Å²) in [6.07, 6.45) is 5.25. The lowest BCUT2D eigenvalue weighted by molar-refractivity contribution is 0.0365. The molecule has 1 atom stereocenters. The smallest absolute Gasteiger partial charge is 0.278 e. The average molecular weight is 485 g/mol. The zero-order valence-corrected chi connectivity index (χ0v) is 19.9. The Balaban J connectivity index is 1.72. The second kappa shape index (κ2) is 10.2. The molecular weight excluding hydrogens is 458 g/mol. The van der Waals surface area contributed by atoms with Gasteiger partial charge in [-0.25, -0.2) is 10.5 Å². The molecule has 0 saturated heterocycles. The molecule has 180 valence electrons. The van der Waals surface area contributed by atoms with Gasteiger partial charge in [-0.15, -0.1) is 0 Å². The fraction of sp³-hybridized carbons (Fsp3) is 0.318. The number of carbonyl (C=O) groups is 1. The SMILES string of the molecule is CCONC(=O)c1cnc(Nc2ccnn2C)cc1Nc1ccc(C2CC2)cc1N(C)S(=O)[O-]. The summed E-state index contributed by atoms with van der Waals surface area (Å²) in [5, 5.41) is 10.5. The number of benzene rings is 1. The molecule has 1 amide bonds. The van der Waals surface area contributed by atoms with E-state index in [0.717, 1.165) is 22.7 Å². The van der Waals surface area contributed by atoms with Crippen molar-refractivity contribution in [3.05, 3.63) is 53.9 Å². The average Bonchev–Trinajstić information content (AvgIpc) is 3.60. The van der Waals surface area contributed by atoms with E-state index in [1.807, 2.05) is 18.2 Å². The van der Waals surface area contributed by atoms with Crippen LogP contribution >= 0.6 is 0 Å². The number of hydrogen-bond acceptors (Lipinski definition) is 8. The number of hydroxylamine groups is 1. The molecule has 1 fully saturated rings. The number of hydrogen-bond donors (Lipinski definition) is 3. The largest absolute Gasteiger partial charge is 0.755 e. The highest BCUT2D eigenvalue weighted by Crippen LogP contribution is 2.43. The predicted molar refractivity (Wildman–Crippen MR) is 129 cm³/mol. The highest BCUT2D eigenvalue weighted by Gasteiger charge is 2.25. The van der Waals surface area contributed by atoms with E-state index in [4.69, 9.17) is 4.84 Å². The maximum atomic E-state index is 12.7. The molecule has 1 unspecified atom stereocenters. The van der Waals surface area contributed by atoms with Crippen LogP contribution in [0.1, 0.15) is 41.6 Å². The third-order valence-corrected chi connectivity index (χ3v) is 6.08. The molecule has 1 aliphatic rings. The molecule has 0 radical (unpaired) electrons. The minimum absolute atomic E-state index is 0.229. The van der Waals surface area contributed by atoms with Gasteiger partial charge in [0.25, 0.3) is 5.91 Å². The van der Waals surface area contributed by atoms with Crippen molar-refractivity contribution in [2.24, 2.45) is 7.05 Å². The maximum absolute atomic E-state index is 12.7. The minimum atomic E-state index is -2.47. The van der Waals surface area contributed by atoms with Crippen molar-refractivity contribution in [2.45, 2.75) is 25.7 Å². The fourth-order valence-electron chi connectivity index (χ4n) is 3.44. The van der Waals surface area contributed by atoms with Crippen LogP contribution < -0.4 is 20.4 Å². The van der Waals surface area contributed by atoms with Crippen molar-refractivity contribution in [1.29, 1.82) is 0 Å². The van der Waals surface area contributed by atoms with Crippen LogP contribution in [0.5, 0.6) is 0 Å². The van der Waals surface area contributed by atoms with Crippen molar-refractivity contribution in [2.75, 3.05) is 28.6 Å². The fourth-order valence-corrected chi connectivity index (χ4v) is 3.75. The number of nitrogens with one attached hydrogen (secondary N) is 3. The van der Waals surface area contributed by atoms with Crippen molar-refractivity contribution >= 4 is 45.9 Å². The Labute approximate surface area is 199 Å². The van der Waals surface area contributed by atoms with Gasteiger partial charge in [0.2, 0.25) is 0 Å². The Morgan fingerprint density at radius 1 is 1.26 bits per heavy atom. The molecular formula is C22H26N7O4S-. The molecule has 12 heteroatoms. The lowest BCUT2D eigenvalue weighted by Gasteiger charge is -2.25. The van der Waals surface area contributed by atoms with Crippen LogP contribution in [0.4, 0.5) is 28.7 Å². The summed E-state index contributed by atoms with van der Waals surface area (Å²) in [5.74, 6) is 1.14. The molecule has 0 aliphatic heterocycles. The summed E-state index contributed by atoms with van der Waals surface area (Å²) in [6.45, 7) is 2.06. The molecule has 3 N–H and O–H groups in total. The number of anilines is 5. The monoisotopic (exact) mass is 484 g/mol. The van der Waals surface area contributed by atoms with Crippen LogP contribution in [0.15, 0.2) is 42.7 Å². The van der Waals surface area contributed by atoms with E-state index in [0.29, 0.717) is 41.2 Å². The Kier molecular flexibility index (Phi) is 7.10. The van der Waals surface area contributed by atoms with Crippen LogP contribution in [-0.4, -0.2) is 43.1 Å². The van der Waals surface area contributed by atoms with Gasteiger partial charge in [-0.05, 0) is 43.4 Å². The van der Waals surface area contributed by atoms with Gasteiger partial charge in [0.15, 0.2) is 0 Å². The summed E-state index contributed by atoms with van der Waals surface area (Å²) in [7, 11) is 3.27. The molecule has 1 aromatic carbocycles. The van der Waals surface area contributed by atoms with Gasteiger partial charge >= 0.3 is 0 Å². The first kappa shape index (κ1) is 23.7. The van der Waals surface area contributed by atoms with E-state index in [9.17, 15) is 13.6 Å². The molecule has 1 aliphatic carbocycles. The summed E-state index contributed by atoms with van der Waals surface area (Å²) in [6, 6.07) is 9.12. The van der Waals surface area contributed by atoms with E-state index in [1.54, 1.807) is 37.0 Å². The van der Waals surface area contributed by atoms with Gasteiger partial charge in [0, 0.05) is 43.7 Å². The van der Waals surface area contributed by atoms with Crippen LogP contribution in [0.3, 0.4) is 0 Å². The van der Waals surface area contributed by atoms with E-state index in [1.165, 1.54) is 13.2 Å². The van der Waals surface area contributed by atoms with Crippen molar-refractivity contribution < 1.29 is 18.4 Å². The molecule has 0 spiro atoms. The second-order valence-corrected chi connectivity index (χ2v) is 8.82. The Morgan fingerprint density at radius 2 is 2.06 bits per heavy atom. The number of pyridine rings is 1. The maximum Gasteiger partial charge on any atom is 0.278 e. The first-order valence-electron chi connectivity index (χ1n) is 10.8. The number of aromatic nitrogens is 3. The summed E-state index contributed by atoms with van der Waals surface area (Å²) in [4.78, 5) is 22.1. The van der Waals surface area contributed by atoms with E-state index < -0.39 is 17.2 Å². The molecule has 34 heavy (non-hydrogen) atoms. The lowest BCUT2D eigenvalue weighted by atomic mass is 10.1. The third-order valence-electron chi connectivity index (χ3n) is 5.44. The zero-order valence-electron chi connectivity index (χ0n) is 19.1. The van der Waals surface area contributed by atoms with Crippen molar-refractivity contribution in [3.8, 4) is 0 Å². The Morgan fingerprint density at radius 3 is 2.71 bits per heavy atom. The standard InChI is InChI=1S/C22H27N7O4S/c1-4-33-27-22(30)16-13-23-20(26-21-9-10-24-28(21)2)12-18(16)25-17-8-7-15(14-5-6-14)11-19(17)29(3)34(31)32/h7-14H,4-6H2,1-3H3,(H,27,30)(H,31,32)(H2,23,25,26)/p-1. The number of aryl methyl sites for hydroxylation is 1. The molecule has 11 nitrogen and oxygen atoms in total. The van der Waals surface area contributed by atoms with E-state index >= 15 is 0 Å². The molecule has 1 saturated carbocycles. The number of nitrogens with zero attached hydrogens (tertiary/aromatic N) is 4. The predicted octanol–water partition coefficient (Wildman–Crippen LogP) is 3.09. The number of rotatable bonds is 10. The van der Waals surface area contributed by atoms with Crippen molar-refractivity contribution in [1.82, 2.24) is 20.2 Å². The van der Waals surface area contributed by atoms with Gasteiger partial charge in [-0.3, -0.25) is 18.5 Å². The molecule has 0 bridgehead atoms. The minimum Gasteiger partial charge on any atom is -0.755 e. The van der Waals surface area contributed by atoms with Gasteiger partial charge in [-0.1, -0.05) is 6.07 Å². The zero-order chi connectivity index (χ0) is 24.2.